The number of hydrogen-bond donors (Lipinski definition) is 1. The first kappa shape index (κ1) is 17.7. The third-order valence-electron chi connectivity index (χ3n) is 3.10. The maximum atomic E-state index is 12.6. The first-order chi connectivity index (χ1) is 10.3. The summed E-state index contributed by atoms with van der Waals surface area (Å²) >= 11 is 0. The summed E-state index contributed by atoms with van der Waals surface area (Å²) in [7, 11) is 1.32. The molecule has 1 rings (SSSR count). The van der Waals surface area contributed by atoms with E-state index in [9.17, 15) is 14.4 Å². The van der Waals surface area contributed by atoms with Gasteiger partial charge in [0.05, 0.1) is 13.5 Å². The summed E-state index contributed by atoms with van der Waals surface area (Å²) in [5.74, 6) is -0.743. The molecule has 1 N–H and O–H groups in total. The molecule has 0 aliphatic carbocycles. The Balaban J connectivity index is 2.89. The Kier molecular flexibility index (Phi) is 6.56. The minimum atomic E-state index is -0.356. The lowest BCUT2D eigenvalue weighted by Crippen LogP contribution is -2.38. The molecule has 0 saturated heterocycles. The fourth-order valence-electron chi connectivity index (χ4n) is 2.01. The van der Waals surface area contributed by atoms with Crippen LogP contribution in [0, 0.1) is 0 Å². The van der Waals surface area contributed by atoms with E-state index in [1.165, 1.54) is 14.0 Å². The summed E-state index contributed by atoms with van der Waals surface area (Å²) in [5.41, 5.74) is 1.03. The van der Waals surface area contributed by atoms with Gasteiger partial charge in [0.2, 0.25) is 5.91 Å². The molecule has 0 atom stereocenters. The SMILES string of the molecule is COC(=O)CCN(C(=O)c1cccc(NC(C)=O)c1)C(C)C. The molecule has 0 heterocycles. The molecular weight excluding hydrogens is 284 g/mol. The van der Waals surface area contributed by atoms with Crippen LogP contribution in [0.1, 0.15) is 37.6 Å². The molecule has 0 radical (unpaired) electrons. The van der Waals surface area contributed by atoms with Gasteiger partial charge in [0.25, 0.3) is 5.91 Å². The van der Waals surface area contributed by atoms with Crippen LogP contribution in [-0.2, 0) is 14.3 Å². The summed E-state index contributed by atoms with van der Waals surface area (Å²) < 4.78 is 4.60. The summed E-state index contributed by atoms with van der Waals surface area (Å²) in [5, 5.41) is 2.64. The second-order valence-electron chi connectivity index (χ2n) is 5.18. The number of rotatable bonds is 6. The lowest BCUT2D eigenvalue weighted by Gasteiger charge is -2.26. The fourth-order valence-corrected chi connectivity index (χ4v) is 2.01. The number of ether oxygens (including phenoxy) is 1. The maximum Gasteiger partial charge on any atom is 0.307 e. The van der Waals surface area contributed by atoms with Crippen LogP contribution in [-0.4, -0.2) is 42.4 Å². The average molecular weight is 306 g/mol. The van der Waals surface area contributed by atoms with Crippen molar-refractivity contribution in [1.82, 2.24) is 4.90 Å². The highest BCUT2D eigenvalue weighted by atomic mass is 16.5. The van der Waals surface area contributed by atoms with Crippen molar-refractivity contribution in [3.05, 3.63) is 29.8 Å². The third kappa shape index (κ3) is 5.20. The number of methoxy groups -OCH3 is 1. The average Bonchev–Trinajstić information content (AvgIpc) is 2.46. The predicted octanol–water partition coefficient (Wildman–Crippen LogP) is 2.06. The van der Waals surface area contributed by atoms with Crippen molar-refractivity contribution in [2.45, 2.75) is 33.2 Å². The van der Waals surface area contributed by atoms with Gasteiger partial charge in [-0.2, -0.15) is 0 Å². The second kappa shape index (κ2) is 8.17. The minimum absolute atomic E-state index is 0.0541. The topological polar surface area (TPSA) is 75.7 Å². The van der Waals surface area contributed by atoms with Crippen LogP contribution < -0.4 is 5.32 Å². The largest absolute Gasteiger partial charge is 0.469 e. The second-order valence-corrected chi connectivity index (χ2v) is 5.18. The van der Waals surface area contributed by atoms with Crippen LogP contribution in [0.2, 0.25) is 0 Å². The van der Waals surface area contributed by atoms with E-state index in [-0.39, 0.29) is 36.8 Å². The molecule has 0 unspecified atom stereocenters. The molecule has 0 aliphatic rings. The lowest BCUT2D eigenvalue weighted by atomic mass is 10.1. The Bertz CT molecular complexity index is 555. The van der Waals surface area contributed by atoms with E-state index in [0.29, 0.717) is 11.3 Å². The fraction of sp³-hybridized carbons (Fsp3) is 0.438. The minimum Gasteiger partial charge on any atom is -0.469 e. The molecule has 22 heavy (non-hydrogen) atoms. The standard InChI is InChI=1S/C16H22N2O4/c1-11(2)18(9-8-15(20)22-4)16(21)13-6-5-7-14(10-13)17-12(3)19/h5-7,10-11H,8-9H2,1-4H3,(H,17,19). The summed E-state index contributed by atoms with van der Waals surface area (Å²) in [6.45, 7) is 5.46. The molecule has 1 aromatic carbocycles. The number of hydrogen-bond acceptors (Lipinski definition) is 4. The molecule has 0 aromatic heterocycles. The Hall–Kier alpha value is -2.37. The Morgan fingerprint density at radius 1 is 1.27 bits per heavy atom. The van der Waals surface area contributed by atoms with Gasteiger partial charge in [-0.25, -0.2) is 0 Å². The van der Waals surface area contributed by atoms with Crippen LogP contribution in [0.15, 0.2) is 24.3 Å². The molecule has 2 amide bonds. The van der Waals surface area contributed by atoms with Gasteiger partial charge in [-0.1, -0.05) is 6.07 Å². The van der Waals surface area contributed by atoms with Crippen LogP contribution in [0.5, 0.6) is 0 Å². The number of carbonyl (C=O) groups is 3. The number of benzene rings is 1. The van der Waals surface area contributed by atoms with Gasteiger partial charge in [-0.3, -0.25) is 14.4 Å². The highest BCUT2D eigenvalue weighted by Gasteiger charge is 2.20. The summed E-state index contributed by atoms with van der Waals surface area (Å²) in [4.78, 5) is 36.5. The monoisotopic (exact) mass is 306 g/mol. The highest BCUT2D eigenvalue weighted by Crippen LogP contribution is 2.15. The molecular formula is C16H22N2O4. The number of carbonyl (C=O) groups excluding carboxylic acids is 3. The molecule has 0 fully saturated rings. The third-order valence-corrected chi connectivity index (χ3v) is 3.10. The zero-order chi connectivity index (χ0) is 16.7. The number of nitrogens with one attached hydrogen (secondary N) is 1. The van der Waals surface area contributed by atoms with Crippen molar-refractivity contribution in [2.75, 3.05) is 19.0 Å². The van der Waals surface area contributed by atoms with Crippen molar-refractivity contribution in [2.24, 2.45) is 0 Å². The normalized spacial score (nSPS) is 10.2. The van der Waals surface area contributed by atoms with Crippen molar-refractivity contribution in [1.29, 1.82) is 0 Å². The van der Waals surface area contributed by atoms with Crippen LogP contribution in [0.4, 0.5) is 5.69 Å². The van der Waals surface area contributed by atoms with Crippen molar-refractivity contribution >= 4 is 23.5 Å². The lowest BCUT2D eigenvalue weighted by molar-refractivity contribution is -0.140. The Morgan fingerprint density at radius 2 is 1.95 bits per heavy atom. The van der Waals surface area contributed by atoms with Gasteiger partial charge in [-0.05, 0) is 32.0 Å². The zero-order valence-corrected chi connectivity index (χ0v) is 13.4. The first-order valence-corrected chi connectivity index (χ1v) is 7.10. The van der Waals surface area contributed by atoms with E-state index in [2.05, 4.69) is 10.1 Å². The number of amides is 2. The molecule has 0 aliphatic heterocycles. The van der Waals surface area contributed by atoms with Crippen LogP contribution >= 0.6 is 0 Å². The highest BCUT2D eigenvalue weighted by molar-refractivity contribution is 5.97. The number of anilines is 1. The van der Waals surface area contributed by atoms with Crippen molar-refractivity contribution in [3.8, 4) is 0 Å². The maximum absolute atomic E-state index is 12.6. The molecule has 120 valence electrons. The van der Waals surface area contributed by atoms with Crippen LogP contribution in [0.3, 0.4) is 0 Å². The molecule has 1 aromatic rings. The van der Waals surface area contributed by atoms with E-state index in [1.54, 1.807) is 29.2 Å². The van der Waals surface area contributed by atoms with E-state index >= 15 is 0 Å². The zero-order valence-electron chi connectivity index (χ0n) is 13.4. The molecule has 0 saturated carbocycles. The molecule has 6 heteroatoms. The van der Waals surface area contributed by atoms with E-state index in [4.69, 9.17) is 0 Å². The van der Waals surface area contributed by atoms with Gasteiger partial charge in [0.1, 0.15) is 0 Å². The molecule has 0 spiro atoms. The van der Waals surface area contributed by atoms with Gasteiger partial charge >= 0.3 is 5.97 Å². The number of esters is 1. The smallest absolute Gasteiger partial charge is 0.307 e. The van der Waals surface area contributed by atoms with Gasteiger partial charge < -0.3 is 15.0 Å². The van der Waals surface area contributed by atoms with E-state index in [1.807, 2.05) is 13.8 Å². The van der Waals surface area contributed by atoms with Gasteiger partial charge in [-0.15, -0.1) is 0 Å². The van der Waals surface area contributed by atoms with Gasteiger partial charge in [0.15, 0.2) is 0 Å². The predicted molar refractivity (Wildman–Crippen MR) is 83.6 cm³/mol. The van der Waals surface area contributed by atoms with E-state index < -0.39 is 0 Å². The van der Waals surface area contributed by atoms with Crippen LogP contribution in [0.25, 0.3) is 0 Å². The summed E-state index contributed by atoms with van der Waals surface area (Å²) in [6.07, 6.45) is 0.145. The van der Waals surface area contributed by atoms with Crippen molar-refractivity contribution in [3.63, 3.8) is 0 Å². The van der Waals surface area contributed by atoms with Gasteiger partial charge in [0, 0.05) is 30.8 Å². The Morgan fingerprint density at radius 3 is 2.50 bits per heavy atom. The number of nitrogens with zero attached hydrogens (tertiary/aromatic N) is 1. The summed E-state index contributed by atoms with van der Waals surface area (Å²) in [6, 6.07) is 6.67. The Labute approximate surface area is 130 Å². The quantitative estimate of drug-likeness (QED) is 0.816. The first-order valence-electron chi connectivity index (χ1n) is 7.10. The van der Waals surface area contributed by atoms with Crippen molar-refractivity contribution < 1.29 is 19.1 Å². The van der Waals surface area contributed by atoms with E-state index in [0.717, 1.165) is 0 Å². The molecule has 0 bridgehead atoms. The molecule has 6 nitrogen and oxygen atoms in total.